The maximum atomic E-state index is 9.91. The summed E-state index contributed by atoms with van der Waals surface area (Å²) in [6.07, 6.45) is 0.617. The molecular weight excluding hydrogens is 372 g/mol. The molecule has 0 fully saturated rings. The molecule has 0 saturated heterocycles. The highest BCUT2D eigenvalue weighted by atomic mass is 16.7. The van der Waals surface area contributed by atoms with Crippen molar-refractivity contribution in [3.05, 3.63) is 48.5 Å². The van der Waals surface area contributed by atoms with Crippen molar-refractivity contribution in [2.75, 3.05) is 32.4 Å². The van der Waals surface area contributed by atoms with E-state index >= 15 is 0 Å². The molecule has 0 spiro atoms. The lowest BCUT2D eigenvalue weighted by Crippen LogP contribution is -2.05. The molecule has 0 saturated carbocycles. The van der Waals surface area contributed by atoms with Crippen LogP contribution >= 0.6 is 0 Å². The van der Waals surface area contributed by atoms with E-state index in [1.807, 2.05) is 30.3 Å². The Labute approximate surface area is 168 Å². The van der Waals surface area contributed by atoms with Crippen LogP contribution in [-0.4, -0.2) is 42.3 Å². The van der Waals surface area contributed by atoms with Gasteiger partial charge in [-0.05, 0) is 48.4 Å². The third-order valence-corrected chi connectivity index (χ3v) is 4.65. The number of benzene rings is 2. The average molecular weight is 394 g/mol. The molecule has 0 atom stereocenters. The Hall–Kier alpha value is -3.45. The van der Waals surface area contributed by atoms with E-state index in [0.29, 0.717) is 41.7 Å². The predicted octanol–water partition coefficient (Wildman–Crippen LogP) is 3.65. The van der Waals surface area contributed by atoms with Gasteiger partial charge in [-0.3, -0.25) is 0 Å². The quantitative estimate of drug-likeness (QED) is 0.527. The van der Waals surface area contributed by atoms with Crippen LogP contribution in [0, 0.1) is 0 Å². The van der Waals surface area contributed by atoms with Crippen LogP contribution in [0.4, 0.5) is 5.82 Å². The van der Waals surface area contributed by atoms with Gasteiger partial charge in [0.05, 0.1) is 12.8 Å². The monoisotopic (exact) mass is 394 g/mol. The van der Waals surface area contributed by atoms with Gasteiger partial charge in [-0.25, -0.2) is 4.98 Å². The number of aliphatic hydroxyl groups excluding tert-OH is 1. The number of anilines is 1. The Kier molecular flexibility index (Phi) is 5.39. The summed E-state index contributed by atoms with van der Waals surface area (Å²) < 4.78 is 16.4. The molecule has 1 aliphatic heterocycles. The molecule has 7 heteroatoms. The first-order chi connectivity index (χ1) is 14.2. The summed E-state index contributed by atoms with van der Waals surface area (Å²) in [4.78, 5) is 4.70. The van der Waals surface area contributed by atoms with E-state index in [-0.39, 0.29) is 19.1 Å². The standard InChI is InChI=1S/C22H22N2O5/c1-27-20-11-14(6-7-18(20)26)17-10-15(12-21(24-17)23-8-3-9-25)16-4-2-5-19-22(16)29-13-28-19/h2,4-7,10-12,25-26H,3,8-9,13H2,1H3,(H,23,24). The molecular formula is C22H22N2O5. The van der Waals surface area contributed by atoms with Crippen LogP contribution in [0.5, 0.6) is 23.0 Å². The van der Waals surface area contributed by atoms with E-state index in [4.69, 9.17) is 24.3 Å². The van der Waals surface area contributed by atoms with E-state index in [1.54, 1.807) is 18.2 Å². The van der Waals surface area contributed by atoms with Crippen molar-refractivity contribution in [3.8, 4) is 45.4 Å². The molecule has 2 aromatic carbocycles. The van der Waals surface area contributed by atoms with Gasteiger partial charge in [0.25, 0.3) is 0 Å². The number of phenolic OH excluding ortho intramolecular Hbond substituents is 1. The van der Waals surface area contributed by atoms with Gasteiger partial charge in [0, 0.05) is 24.3 Å². The van der Waals surface area contributed by atoms with Gasteiger partial charge in [-0.15, -0.1) is 0 Å². The predicted molar refractivity (Wildman–Crippen MR) is 110 cm³/mol. The van der Waals surface area contributed by atoms with Crippen molar-refractivity contribution in [2.24, 2.45) is 0 Å². The number of pyridine rings is 1. The van der Waals surface area contributed by atoms with Gasteiger partial charge in [-0.1, -0.05) is 12.1 Å². The Morgan fingerprint density at radius 3 is 2.83 bits per heavy atom. The summed E-state index contributed by atoms with van der Waals surface area (Å²) in [7, 11) is 1.51. The molecule has 3 N–H and O–H groups in total. The van der Waals surface area contributed by atoms with Crippen LogP contribution in [0.2, 0.25) is 0 Å². The fraction of sp³-hybridized carbons (Fsp3) is 0.227. The second kappa shape index (κ2) is 8.28. The molecule has 29 heavy (non-hydrogen) atoms. The molecule has 1 aromatic heterocycles. The molecule has 7 nitrogen and oxygen atoms in total. The van der Waals surface area contributed by atoms with Gasteiger partial charge in [0.1, 0.15) is 5.82 Å². The Morgan fingerprint density at radius 2 is 2.00 bits per heavy atom. The zero-order valence-electron chi connectivity index (χ0n) is 16.0. The SMILES string of the molecule is COc1cc(-c2cc(-c3cccc4c3OCO4)cc(NCCCO)n2)ccc1O. The van der Waals surface area contributed by atoms with Crippen molar-refractivity contribution < 1.29 is 24.4 Å². The number of para-hydroxylation sites is 1. The van der Waals surface area contributed by atoms with Crippen LogP contribution in [0.25, 0.3) is 22.4 Å². The van der Waals surface area contributed by atoms with Crippen molar-refractivity contribution >= 4 is 5.82 Å². The normalized spacial score (nSPS) is 12.1. The number of aromatic nitrogens is 1. The maximum absolute atomic E-state index is 9.91. The second-order valence-corrected chi connectivity index (χ2v) is 6.56. The number of methoxy groups -OCH3 is 1. The smallest absolute Gasteiger partial charge is 0.231 e. The van der Waals surface area contributed by atoms with E-state index in [9.17, 15) is 5.11 Å². The lowest BCUT2D eigenvalue weighted by molar-refractivity contribution is 0.174. The molecule has 0 bridgehead atoms. The molecule has 1 aliphatic rings. The number of hydrogen-bond acceptors (Lipinski definition) is 7. The van der Waals surface area contributed by atoms with Crippen molar-refractivity contribution in [1.82, 2.24) is 4.98 Å². The fourth-order valence-corrected chi connectivity index (χ4v) is 3.21. The minimum absolute atomic E-state index is 0.0696. The minimum atomic E-state index is 0.0696. The largest absolute Gasteiger partial charge is 0.504 e. The highest BCUT2D eigenvalue weighted by Gasteiger charge is 2.19. The van der Waals surface area contributed by atoms with E-state index in [1.165, 1.54) is 7.11 Å². The number of fused-ring (bicyclic) bond motifs is 1. The van der Waals surface area contributed by atoms with Crippen LogP contribution in [-0.2, 0) is 0 Å². The van der Waals surface area contributed by atoms with Crippen LogP contribution in [0.1, 0.15) is 6.42 Å². The summed E-state index contributed by atoms with van der Waals surface area (Å²) in [5, 5.41) is 22.2. The van der Waals surface area contributed by atoms with Crippen LogP contribution < -0.4 is 19.5 Å². The third kappa shape index (κ3) is 3.90. The number of nitrogens with one attached hydrogen (secondary N) is 1. The van der Waals surface area contributed by atoms with E-state index < -0.39 is 0 Å². The molecule has 2 heterocycles. The average Bonchev–Trinajstić information content (AvgIpc) is 3.23. The topological polar surface area (TPSA) is 93.1 Å². The summed E-state index contributed by atoms with van der Waals surface area (Å²) in [6.45, 7) is 0.894. The van der Waals surface area contributed by atoms with Crippen molar-refractivity contribution in [2.45, 2.75) is 6.42 Å². The summed E-state index contributed by atoms with van der Waals surface area (Å²) >= 11 is 0. The number of phenols is 1. The number of aromatic hydroxyl groups is 1. The van der Waals surface area contributed by atoms with Crippen LogP contribution in [0.3, 0.4) is 0 Å². The Morgan fingerprint density at radius 1 is 1.10 bits per heavy atom. The number of hydrogen-bond donors (Lipinski definition) is 3. The maximum Gasteiger partial charge on any atom is 0.231 e. The Bertz CT molecular complexity index is 1020. The number of nitrogens with zero attached hydrogens (tertiary/aromatic N) is 1. The third-order valence-electron chi connectivity index (χ3n) is 4.65. The molecule has 0 aliphatic carbocycles. The first-order valence-corrected chi connectivity index (χ1v) is 9.33. The van der Waals surface area contributed by atoms with Gasteiger partial charge in [0.2, 0.25) is 6.79 Å². The van der Waals surface area contributed by atoms with Gasteiger partial charge >= 0.3 is 0 Å². The second-order valence-electron chi connectivity index (χ2n) is 6.56. The first-order valence-electron chi connectivity index (χ1n) is 9.33. The highest BCUT2D eigenvalue weighted by molar-refractivity contribution is 5.80. The van der Waals surface area contributed by atoms with E-state index in [2.05, 4.69) is 5.32 Å². The van der Waals surface area contributed by atoms with Gasteiger partial charge in [0.15, 0.2) is 23.0 Å². The van der Waals surface area contributed by atoms with Gasteiger partial charge < -0.3 is 29.7 Å². The van der Waals surface area contributed by atoms with Crippen molar-refractivity contribution in [1.29, 1.82) is 0 Å². The Balaban J connectivity index is 1.80. The zero-order chi connectivity index (χ0) is 20.2. The summed E-state index contributed by atoms with van der Waals surface area (Å²) in [6, 6.07) is 14.8. The highest BCUT2D eigenvalue weighted by Crippen LogP contribution is 2.42. The number of ether oxygens (including phenoxy) is 3. The van der Waals surface area contributed by atoms with Crippen molar-refractivity contribution in [3.63, 3.8) is 0 Å². The molecule has 0 amide bonds. The fourth-order valence-electron chi connectivity index (χ4n) is 3.21. The lowest BCUT2D eigenvalue weighted by atomic mass is 10.0. The van der Waals surface area contributed by atoms with Crippen LogP contribution in [0.15, 0.2) is 48.5 Å². The first kappa shape index (κ1) is 18.9. The van der Waals surface area contributed by atoms with E-state index in [0.717, 1.165) is 16.7 Å². The molecule has 3 aromatic rings. The lowest BCUT2D eigenvalue weighted by Gasteiger charge is -2.13. The summed E-state index contributed by atoms with van der Waals surface area (Å²) in [5.41, 5.74) is 3.33. The zero-order valence-corrected chi connectivity index (χ0v) is 16.0. The van der Waals surface area contributed by atoms with Gasteiger partial charge in [-0.2, -0.15) is 0 Å². The molecule has 0 unspecified atom stereocenters. The molecule has 0 radical (unpaired) electrons. The number of aliphatic hydroxyl groups is 1. The minimum Gasteiger partial charge on any atom is -0.504 e. The molecule has 150 valence electrons. The number of rotatable bonds is 7. The summed E-state index contributed by atoms with van der Waals surface area (Å²) in [5.74, 6) is 2.53. The molecule has 4 rings (SSSR count).